The Morgan fingerprint density at radius 2 is 1.71 bits per heavy atom. The summed E-state index contributed by atoms with van der Waals surface area (Å²) in [6, 6.07) is 18.3. The first-order valence-electron chi connectivity index (χ1n) is 7.48. The number of carbonyl (C=O) groups is 1. The molecule has 21 heavy (non-hydrogen) atoms. The molecule has 0 unspecified atom stereocenters. The molecule has 0 amide bonds. The second kappa shape index (κ2) is 7.63. The van der Waals surface area contributed by atoms with Crippen molar-refractivity contribution in [2.45, 2.75) is 39.2 Å². The maximum absolute atomic E-state index is 12.0. The van der Waals surface area contributed by atoms with E-state index in [9.17, 15) is 4.79 Å². The van der Waals surface area contributed by atoms with Gasteiger partial charge in [-0.1, -0.05) is 56.2 Å². The van der Waals surface area contributed by atoms with Gasteiger partial charge in [-0.2, -0.15) is 0 Å². The van der Waals surface area contributed by atoms with Crippen molar-refractivity contribution in [1.82, 2.24) is 0 Å². The molecule has 2 rings (SSSR count). The number of esters is 1. The smallest absolute Gasteiger partial charge is 0.338 e. The van der Waals surface area contributed by atoms with Gasteiger partial charge in [-0.15, -0.1) is 0 Å². The molecular weight excluding hydrogens is 260 g/mol. The van der Waals surface area contributed by atoms with E-state index >= 15 is 0 Å². The second-order valence-electron chi connectivity index (χ2n) is 5.22. The van der Waals surface area contributed by atoms with Crippen molar-refractivity contribution in [2.24, 2.45) is 0 Å². The van der Waals surface area contributed by atoms with Crippen molar-refractivity contribution in [3.63, 3.8) is 0 Å². The largest absolute Gasteiger partial charge is 0.459 e. The SMILES string of the molecule is CCCC[C@H](C)OC(=O)c1ccc(-c2cc[c]cc2)cc1. The van der Waals surface area contributed by atoms with Gasteiger partial charge in [0.1, 0.15) is 0 Å². The van der Waals surface area contributed by atoms with Crippen LogP contribution in [0.1, 0.15) is 43.5 Å². The van der Waals surface area contributed by atoms with Gasteiger partial charge in [0.15, 0.2) is 0 Å². The van der Waals surface area contributed by atoms with Crippen molar-refractivity contribution in [1.29, 1.82) is 0 Å². The first-order chi connectivity index (χ1) is 10.2. The maximum atomic E-state index is 12.0. The molecule has 0 aliphatic heterocycles. The number of hydrogen-bond acceptors (Lipinski definition) is 2. The zero-order valence-corrected chi connectivity index (χ0v) is 12.6. The number of hydrogen-bond donors (Lipinski definition) is 0. The molecule has 0 bridgehead atoms. The third-order valence-corrected chi connectivity index (χ3v) is 3.44. The van der Waals surface area contributed by atoms with E-state index in [4.69, 9.17) is 4.74 Å². The molecule has 2 heteroatoms. The normalized spacial score (nSPS) is 11.9. The van der Waals surface area contributed by atoms with Crippen LogP contribution in [-0.4, -0.2) is 12.1 Å². The van der Waals surface area contributed by atoms with E-state index in [2.05, 4.69) is 13.0 Å². The van der Waals surface area contributed by atoms with E-state index in [0.29, 0.717) is 5.56 Å². The third kappa shape index (κ3) is 4.45. The van der Waals surface area contributed by atoms with Crippen molar-refractivity contribution in [3.05, 3.63) is 60.2 Å². The molecule has 0 aliphatic rings. The highest BCUT2D eigenvalue weighted by Gasteiger charge is 2.11. The minimum absolute atomic E-state index is 0.0261. The molecule has 0 spiro atoms. The van der Waals surface area contributed by atoms with E-state index < -0.39 is 0 Å². The molecule has 109 valence electrons. The molecule has 1 radical (unpaired) electrons. The number of unbranched alkanes of at least 4 members (excludes halogenated alkanes) is 1. The molecule has 0 aromatic heterocycles. The summed E-state index contributed by atoms with van der Waals surface area (Å²) in [7, 11) is 0. The second-order valence-corrected chi connectivity index (χ2v) is 5.22. The predicted molar refractivity (Wildman–Crippen MR) is 85.1 cm³/mol. The molecule has 0 aliphatic carbocycles. The van der Waals surface area contributed by atoms with Crippen molar-refractivity contribution < 1.29 is 9.53 Å². The lowest BCUT2D eigenvalue weighted by atomic mass is 10.0. The molecule has 0 saturated heterocycles. The molecule has 2 nitrogen and oxygen atoms in total. The van der Waals surface area contributed by atoms with E-state index in [-0.39, 0.29) is 12.1 Å². The summed E-state index contributed by atoms with van der Waals surface area (Å²) in [5.74, 6) is -0.244. The van der Waals surface area contributed by atoms with Crippen molar-refractivity contribution in [2.75, 3.05) is 0 Å². The highest BCUT2D eigenvalue weighted by atomic mass is 16.5. The first-order valence-corrected chi connectivity index (χ1v) is 7.48. The van der Waals surface area contributed by atoms with Crippen molar-refractivity contribution >= 4 is 5.97 Å². The molecule has 2 aromatic carbocycles. The summed E-state index contributed by atoms with van der Waals surface area (Å²) in [6.45, 7) is 4.08. The Bertz CT molecular complexity index is 558. The van der Waals surface area contributed by atoms with Gasteiger partial charge in [-0.25, -0.2) is 4.79 Å². The van der Waals surface area contributed by atoms with Gasteiger partial charge in [-0.3, -0.25) is 0 Å². The summed E-state index contributed by atoms with van der Waals surface area (Å²) < 4.78 is 5.44. The highest BCUT2D eigenvalue weighted by molar-refractivity contribution is 5.90. The van der Waals surface area contributed by atoms with Crippen LogP contribution in [0.3, 0.4) is 0 Å². The van der Waals surface area contributed by atoms with Crippen LogP contribution in [0.5, 0.6) is 0 Å². The fourth-order valence-corrected chi connectivity index (χ4v) is 2.18. The molecule has 2 aromatic rings. The molecule has 0 fully saturated rings. The number of benzene rings is 2. The molecular formula is C19H21O2. The number of rotatable bonds is 6. The van der Waals surface area contributed by atoms with Gasteiger partial charge < -0.3 is 4.74 Å². The maximum Gasteiger partial charge on any atom is 0.338 e. The summed E-state index contributed by atoms with van der Waals surface area (Å²) in [5.41, 5.74) is 2.80. The number of carbonyl (C=O) groups excluding carboxylic acids is 1. The van der Waals surface area contributed by atoms with Crippen LogP contribution in [-0.2, 0) is 4.74 Å². The Hall–Kier alpha value is -2.09. The Labute approximate surface area is 126 Å². The van der Waals surface area contributed by atoms with Gasteiger partial charge in [0, 0.05) is 0 Å². The molecule has 1 atom stereocenters. The minimum Gasteiger partial charge on any atom is -0.459 e. The van der Waals surface area contributed by atoms with Gasteiger partial charge >= 0.3 is 5.97 Å². The highest BCUT2D eigenvalue weighted by Crippen LogP contribution is 2.19. The summed E-state index contributed by atoms with van der Waals surface area (Å²) >= 11 is 0. The Morgan fingerprint density at radius 3 is 2.33 bits per heavy atom. The fourth-order valence-electron chi connectivity index (χ4n) is 2.18. The van der Waals surface area contributed by atoms with E-state index in [0.717, 1.165) is 30.4 Å². The van der Waals surface area contributed by atoms with Gasteiger partial charge in [0.05, 0.1) is 11.7 Å². The average Bonchev–Trinajstić information content (AvgIpc) is 2.54. The monoisotopic (exact) mass is 281 g/mol. The van der Waals surface area contributed by atoms with Crippen LogP contribution in [0.15, 0.2) is 48.5 Å². The quantitative estimate of drug-likeness (QED) is 0.705. The van der Waals surface area contributed by atoms with Gasteiger partial charge in [-0.05, 0) is 42.7 Å². The van der Waals surface area contributed by atoms with Gasteiger partial charge in [0.2, 0.25) is 0 Å². The molecule has 0 saturated carbocycles. The molecule has 0 N–H and O–H groups in total. The minimum atomic E-state index is -0.244. The summed E-state index contributed by atoms with van der Waals surface area (Å²) in [6.07, 6.45) is 3.09. The topological polar surface area (TPSA) is 26.3 Å². The zero-order chi connectivity index (χ0) is 15.1. The Kier molecular flexibility index (Phi) is 5.56. The lowest BCUT2D eigenvalue weighted by Crippen LogP contribution is -2.14. The predicted octanol–water partition coefficient (Wildman–Crippen LogP) is 4.89. The van der Waals surface area contributed by atoms with E-state index in [1.54, 1.807) is 0 Å². The Morgan fingerprint density at radius 1 is 1.10 bits per heavy atom. The van der Waals surface area contributed by atoms with E-state index in [1.807, 2.05) is 55.5 Å². The van der Waals surface area contributed by atoms with Gasteiger partial charge in [0.25, 0.3) is 0 Å². The first kappa shape index (κ1) is 15.3. The Balaban J connectivity index is 2.00. The number of ether oxygens (including phenoxy) is 1. The van der Waals surface area contributed by atoms with Crippen LogP contribution in [0.25, 0.3) is 11.1 Å². The fraction of sp³-hybridized carbons (Fsp3) is 0.316. The lowest BCUT2D eigenvalue weighted by Gasteiger charge is -2.12. The van der Waals surface area contributed by atoms with Crippen LogP contribution >= 0.6 is 0 Å². The van der Waals surface area contributed by atoms with Crippen LogP contribution in [0.4, 0.5) is 0 Å². The zero-order valence-electron chi connectivity index (χ0n) is 12.6. The molecule has 0 heterocycles. The van der Waals surface area contributed by atoms with Crippen molar-refractivity contribution in [3.8, 4) is 11.1 Å². The lowest BCUT2D eigenvalue weighted by molar-refractivity contribution is 0.0320. The summed E-state index contributed by atoms with van der Waals surface area (Å²) in [5, 5.41) is 0. The van der Waals surface area contributed by atoms with E-state index in [1.165, 1.54) is 0 Å². The summed E-state index contributed by atoms with van der Waals surface area (Å²) in [4.78, 5) is 12.0. The third-order valence-electron chi connectivity index (χ3n) is 3.44. The van der Waals surface area contributed by atoms with Crippen LogP contribution in [0.2, 0.25) is 0 Å². The standard InChI is InChI=1S/C19H21O2/c1-3-4-8-15(2)21-19(20)18-13-11-17(12-14-18)16-9-6-5-7-10-16/h6-7,9-15H,3-4,8H2,1-2H3/t15-/m0/s1. The van der Waals surface area contributed by atoms with Crippen LogP contribution < -0.4 is 0 Å². The average molecular weight is 281 g/mol. The van der Waals surface area contributed by atoms with Crippen LogP contribution in [0, 0.1) is 6.07 Å².